The number of pyridine rings is 1. The van der Waals surface area contributed by atoms with Gasteiger partial charge in [0, 0.05) is 25.7 Å². The molecule has 0 aliphatic heterocycles. The van der Waals surface area contributed by atoms with Crippen LogP contribution in [0.25, 0.3) is 0 Å². The Morgan fingerprint density at radius 1 is 1.58 bits per heavy atom. The highest BCUT2D eigenvalue weighted by atomic mass is 35.5. The molecule has 104 valence electrons. The molecule has 0 atom stereocenters. The van der Waals surface area contributed by atoms with E-state index in [2.05, 4.69) is 10.3 Å². The van der Waals surface area contributed by atoms with Gasteiger partial charge < -0.3 is 10.1 Å². The fourth-order valence-corrected chi connectivity index (χ4v) is 1.49. The summed E-state index contributed by atoms with van der Waals surface area (Å²) in [5, 5.41) is 13.2. The molecular weight excluding hydrogens is 274 g/mol. The van der Waals surface area contributed by atoms with Gasteiger partial charge in [0.2, 0.25) is 11.7 Å². The normalized spacial score (nSPS) is 10.2. The lowest BCUT2D eigenvalue weighted by atomic mass is 10.3. The zero-order chi connectivity index (χ0) is 14.3. The number of hydrogen-bond donors (Lipinski definition) is 1. The number of hydrogen-bond acceptors (Lipinski definition) is 5. The molecule has 1 heterocycles. The second-order valence-electron chi connectivity index (χ2n) is 3.61. The van der Waals surface area contributed by atoms with E-state index in [4.69, 9.17) is 16.3 Å². The molecule has 1 rings (SSSR count). The molecule has 0 radical (unpaired) electrons. The Morgan fingerprint density at radius 3 is 2.95 bits per heavy atom. The Kier molecular flexibility index (Phi) is 6.17. The van der Waals surface area contributed by atoms with E-state index < -0.39 is 4.92 Å². The monoisotopic (exact) mass is 287 g/mol. The number of carbonyl (C=O) groups excluding carboxylic acids is 1. The van der Waals surface area contributed by atoms with Gasteiger partial charge in [-0.3, -0.25) is 14.9 Å². The highest BCUT2D eigenvalue weighted by Crippen LogP contribution is 2.23. The molecule has 8 heteroatoms. The summed E-state index contributed by atoms with van der Waals surface area (Å²) in [6.45, 7) is 2.91. The fourth-order valence-electron chi connectivity index (χ4n) is 1.34. The predicted molar refractivity (Wildman–Crippen MR) is 70.3 cm³/mol. The topological polar surface area (TPSA) is 94.4 Å². The third-order valence-corrected chi connectivity index (χ3v) is 2.40. The van der Waals surface area contributed by atoms with E-state index in [0.717, 1.165) is 0 Å². The molecule has 0 saturated carbocycles. The van der Waals surface area contributed by atoms with Crippen LogP contribution in [-0.2, 0) is 9.53 Å². The SMILES string of the molecule is CCOCCCC(=O)Nc1nc(Cl)ccc1[N+](=O)[O-]. The van der Waals surface area contributed by atoms with Gasteiger partial charge in [0.25, 0.3) is 0 Å². The number of nitrogens with one attached hydrogen (secondary N) is 1. The molecule has 1 aromatic heterocycles. The summed E-state index contributed by atoms with van der Waals surface area (Å²) in [6.07, 6.45) is 0.736. The Balaban J connectivity index is 2.62. The summed E-state index contributed by atoms with van der Waals surface area (Å²) in [5.41, 5.74) is -0.289. The maximum atomic E-state index is 11.6. The standard InChI is InChI=1S/C11H14ClN3O4/c1-2-19-7-3-4-10(16)14-11-8(15(17)18)5-6-9(12)13-11/h5-6H,2-4,7H2,1H3,(H,13,14,16). The number of nitrogens with zero attached hydrogens (tertiary/aromatic N) is 2. The lowest BCUT2D eigenvalue weighted by Gasteiger charge is -2.05. The van der Waals surface area contributed by atoms with Crippen LogP contribution >= 0.6 is 11.6 Å². The van der Waals surface area contributed by atoms with Gasteiger partial charge in [-0.05, 0) is 19.4 Å². The summed E-state index contributed by atoms with van der Waals surface area (Å²) < 4.78 is 5.09. The van der Waals surface area contributed by atoms with Gasteiger partial charge in [0.15, 0.2) is 0 Å². The summed E-state index contributed by atoms with van der Waals surface area (Å²) >= 11 is 5.65. The van der Waals surface area contributed by atoms with Crippen LogP contribution in [0.1, 0.15) is 19.8 Å². The molecule has 0 aliphatic carbocycles. The minimum absolute atomic E-state index is 0.0789. The van der Waals surface area contributed by atoms with Crippen molar-refractivity contribution in [3.8, 4) is 0 Å². The highest BCUT2D eigenvalue weighted by Gasteiger charge is 2.17. The van der Waals surface area contributed by atoms with E-state index in [1.165, 1.54) is 12.1 Å². The predicted octanol–water partition coefficient (Wildman–Crippen LogP) is 2.40. The number of anilines is 1. The van der Waals surface area contributed by atoms with E-state index in [1.54, 1.807) is 0 Å². The first-order valence-corrected chi connectivity index (χ1v) is 6.11. The average molecular weight is 288 g/mol. The quantitative estimate of drug-likeness (QED) is 0.360. The van der Waals surface area contributed by atoms with Crippen LogP contribution in [-0.4, -0.2) is 29.0 Å². The van der Waals surface area contributed by atoms with E-state index >= 15 is 0 Å². The molecule has 1 N–H and O–H groups in total. The van der Waals surface area contributed by atoms with E-state index in [-0.39, 0.29) is 29.0 Å². The lowest BCUT2D eigenvalue weighted by Crippen LogP contribution is -2.14. The first-order valence-electron chi connectivity index (χ1n) is 5.73. The van der Waals surface area contributed by atoms with Crippen molar-refractivity contribution in [2.75, 3.05) is 18.5 Å². The maximum Gasteiger partial charge on any atom is 0.311 e. The van der Waals surface area contributed by atoms with Gasteiger partial charge in [-0.2, -0.15) is 0 Å². The van der Waals surface area contributed by atoms with Crippen molar-refractivity contribution in [3.63, 3.8) is 0 Å². The van der Waals surface area contributed by atoms with Gasteiger partial charge in [-0.25, -0.2) is 4.98 Å². The van der Waals surface area contributed by atoms with Gasteiger partial charge >= 0.3 is 5.69 Å². The van der Waals surface area contributed by atoms with Gasteiger partial charge in [0.05, 0.1) is 4.92 Å². The zero-order valence-corrected chi connectivity index (χ0v) is 11.1. The first-order chi connectivity index (χ1) is 9.04. The zero-order valence-electron chi connectivity index (χ0n) is 10.4. The number of rotatable bonds is 7. The third-order valence-electron chi connectivity index (χ3n) is 2.19. The first kappa shape index (κ1) is 15.3. The molecule has 0 saturated heterocycles. The van der Waals surface area contributed by atoms with Gasteiger partial charge in [-0.1, -0.05) is 11.6 Å². The van der Waals surface area contributed by atoms with Crippen LogP contribution in [0, 0.1) is 10.1 Å². The molecular formula is C11H14ClN3O4. The Hall–Kier alpha value is -1.73. The van der Waals surface area contributed by atoms with E-state index in [0.29, 0.717) is 19.6 Å². The number of carbonyl (C=O) groups is 1. The van der Waals surface area contributed by atoms with Crippen LogP contribution in [0.2, 0.25) is 5.15 Å². The second kappa shape index (κ2) is 7.65. The molecule has 0 aromatic carbocycles. The molecule has 7 nitrogen and oxygen atoms in total. The maximum absolute atomic E-state index is 11.6. The smallest absolute Gasteiger partial charge is 0.311 e. The summed E-state index contributed by atoms with van der Waals surface area (Å²) in [7, 11) is 0. The largest absolute Gasteiger partial charge is 0.382 e. The number of amides is 1. The summed E-state index contributed by atoms with van der Waals surface area (Å²) in [4.78, 5) is 25.5. The number of aromatic nitrogens is 1. The van der Waals surface area contributed by atoms with Gasteiger partial charge in [-0.15, -0.1) is 0 Å². The van der Waals surface area contributed by atoms with Crippen molar-refractivity contribution in [1.82, 2.24) is 4.98 Å². The fraction of sp³-hybridized carbons (Fsp3) is 0.455. The molecule has 19 heavy (non-hydrogen) atoms. The highest BCUT2D eigenvalue weighted by molar-refractivity contribution is 6.29. The van der Waals surface area contributed by atoms with E-state index in [1.807, 2.05) is 6.92 Å². The number of ether oxygens (including phenoxy) is 1. The Bertz CT molecular complexity index is 467. The van der Waals surface area contributed by atoms with E-state index in [9.17, 15) is 14.9 Å². The lowest BCUT2D eigenvalue weighted by molar-refractivity contribution is -0.384. The molecule has 0 fully saturated rings. The summed E-state index contributed by atoms with van der Waals surface area (Å²) in [6, 6.07) is 2.50. The van der Waals surface area contributed by atoms with Crippen LogP contribution in [0.15, 0.2) is 12.1 Å². The van der Waals surface area contributed by atoms with Crippen LogP contribution in [0.5, 0.6) is 0 Å². The molecule has 1 amide bonds. The van der Waals surface area contributed by atoms with Crippen LogP contribution < -0.4 is 5.32 Å². The average Bonchev–Trinajstić information content (AvgIpc) is 2.34. The van der Waals surface area contributed by atoms with Crippen LogP contribution in [0.3, 0.4) is 0 Å². The molecule has 1 aromatic rings. The molecule has 0 unspecified atom stereocenters. The van der Waals surface area contributed by atoms with Crippen molar-refractivity contribution >= 4 is 29.0 Å². The number of nitro groups is 1. The Labute approximate surface area is 115 Å². The van der Waals surface area contributed by atoms with Crippen molar-refractivity contribution < 1.29 is 14.5 Å². The molecule has 0 spiro atoms. The van der Waals surface area contributed by atoms with Crippen molar-refractivity contribution in [1.29, 1.82) is 0 Å². The third kappa shape index (κ3) is 5.19. The minimum Gasteiger partial charge on any atom is -0.382 e. The Morgan fingerprint density at radius 2 is 2.32 bits per heavy atom. The molecule has 0 bridgehead atoms. The minimum atomic E-state index is -0.626. The second-order valence-corrected chi connectivity index (χ2v) is 3.99. The van der Waals surface area contributed by atoms with Crippen LogP contribution in [0.4, 0.5) is 11.5 Å². The van der Waals surface area contributed by atoms with Gasteiger partial charge in [0.1, 0.15) is 5.15 Å². The van der Waals surface area contributed by atoms with Crippen molar-refractivity contribution in [3.05, 3.63) is 27.4 Å². The van der Waals surface area contributed by atoms with Crippen molar-refractivity contribution in [2.24, 2.45) is 0 Å². The number of halogens is 1. The van der Waals surface area contributed by atoms with Crippen molar-refractivity contribution in [2.45, 2.75) is 19.8 Å². The summed E-state index contributed by atoms with van der Waals surface area (Å²) in [5.74, 6) is -0.503. The molecule has 0 aliphatic rings.